The van der Waals surface area contributed by atoms with Crippen LogP contribution in [0.4, 0.5) is 0 Å². The maximum Gasteiger partial charge on any atom is 0.251 e. The lowest BCUT2D eigenvalue weighted by atomic mass is 9.96. The van der Waals surface area contributed by atoms with Crippen molar-refractivity contribution >= 4 is 5.91 Å². The first-order valence-electron chi connectivity index (χ1n) is 8.65. The number of carbonyl (C=O) groups is 1. The van der Waals surface area contributed by atoms with E-state index in [9.17, 15) is 20.1 Å². The van der Waals surface area contributed by atoms with Crippen LogP contribution in [-0.2, 0) is 11.8 Å². The molecule has 1 fully saturated rings. The predicted octanol–water partition coefficient (Wildman–Crippen LogP) is -1.08. The Morgan fingerprint density at radius 2 is 2.15 bits per heavy atom. The fourth-order valence-corrected chi connectivity index (χ4v) is 3.01. The molecule has 0 radical (unpaired) electrons. The third-order valence-electron chi connectivity index (χ3n) is 4.69. The number of rotatable bonds is 7. The molecule has 1 aliphatic heterocycles. The summed E-state index contributed by atoms with van der Waals surface area (Å²) in [6.45, 7) is -0.164. The molecule has 1 aromatic carbocycles. The van der Waals surface area contributed by atoms with E-state index in [0.29, 0.717) is 11.3 Å². The van der Waals surface area contributed by atoms with Crippen molar-refractivity contribution in [1.82, 2.24) is 20.4 Å². The average molecular weight is 376 g/mol. The van der Waals surface area contributed by atoms with E-state index >= 15 is 0 Å². The number of amides is 1. The van der Waals surface area contributed by atoms with E-state index in [2.05, 4.69) is 15.7 Å². The topological polar surface area (TPSA) is 129 Å². The summed E-state index contributed by atoms with van der Waals surface area (Å²) in [6.07, 6.45) is -1.37. The van der Waals surface area contributed by atoms with Crippen molar-refractivity contribution in [2.75, 3.05) is 19.7 Å². The van der Waals surface area contributed by atoms with Crippen molar-refractivity contribution in [1.29, 1.82) is 0 Å². The molecule has 1 aromatic heterocycles. The lowest BCUT2D eigenvalue weighted by Crippen LogP contribution is -2.53. The van der Waals surface area contributed by atoms with Crippen LogP contribution in [0.5, 0.6) is 0 Å². The van der Waals surface area contributed by atoms with E-state index in [1.54, 1.807) is 49.6 Å². The van der Waals surface area contributed by atoms with Gasteiger partial charge >= 0.3 is 0 Å². The van der Waals surface area contributed by atoms with Crippen molar-refractivity contribution in [2.45, 2.75) is 24.0 Å². The highest BCUT2D eigenvalue weighted by Crippen LogP contribution is 2.24. The van der Waals surface area contributed by atoms with E-state index in [-0.39, 0.29) is 25.6 Å². The van der Waals surface area contributed by atoms with Gasteiger partial charge in [-0.15, -0.1) is 0 Å². The van der Waals surface area contributed by atoms with Gasteiger partial charge in [0, 0.05) is 25.4 Å². The van der Waals surface area contributed by atoms with Gasteiger partial charge in [-0.05, 0) is 18.2 Å². The van der Waals surface area contributed by atoms with E-state index in [0.717, 1.165) is 0 Å². The Hall–Kier alpha value is -2.30. The SMILES string of the molecule is Cn1nccc1C(O)NC[C@H]1OC[C@@](O)(CNC(=O)c2ccccc2)[C@@H]1O. The molecule has 3 rings (SSSR count). The van der Waals surface area contributed by atoms with Gasteiger partial charge in [-0.1, -0.05) is 18.2 Å². The highest BCUT2D eigenvalue weighted by molar-refractivity contribution is 5.94. The molecule has 2 aromatic rings. The minimum Gasteiger partial charge on any atom is -0.387 e. The number of aryl methyl sites for hydroxylation is 1. The standard InChI is InChI=1S/C18H24N4O5/c1-22-13(7-8-21-22)17(25)19-9-14-15(23)18(26,11-27-14)10-20-16(24)12-5-3-2-4-6-12/h2-8,14-15,17,19,23,25-26H,9-11H2,1H3,(H,20,24)/t14-,15-,17?,18+/m1/s1. The molecule has 9 heteroatoms. The minimum absolute atomic E-state index is 0.114. The first kappa shape index (κ1) is 19.5. The molecule has 146 valence electrons. The maximum absolute atomic E-state index is 12.1. The Balaban J connectivity index is 1.51. The fourth-order valence-electron chi connectivity index (χ4n) is 3.01. The molecule has 1 saturated heterocycles. The van der Waals surface area contributed by atoms with Crippen LogP contribution in [0.25, 0.3) is 0 Å². The smallest absolute Gasteiger partial charge is 0.251 e. The van der Waals surface area contributed by atoms with Crippen LogP contribution < -0.4 is 10.6 Å². The molecule has 0 aliphatic carbocycles. The zero-order valence-corrected chi connectivity index (χ0v) is 14.9. The number of nitrogens with zero attached hydrogens (tertiary/aromatic N) is 2. The number of aliphatic hydroxyl groups is 3. The summed E-state index contributed by atoms with van der Waals surface area (Å²) in [5.41, 5.74) is -0.575. The third kappa shape index (κ3) is 4.34. The van der Waals surface area contributed by atoms with Crippen LogP contribution in [0.3, 0.4) is 0 Å². The maximum atomic E-state index is 12.1. The summed E-state index contributed by atoms with van der Waals surface area (Å²) in [6, 6.07) is 10.3. The zero-order valence-electron chi connectivity index (χ0n) is 14.9. The number of nitrogens with one attached hydrogen (secondary N) is 2. The molecule has 1 aliphatic rings. The number of benzene rings is 1. The van der Waals surface area contributed by atoms with Gasteiger partial charge in [0.2, 0.25) is 0 Å². The molecule has 0 saturated carbocycles. The second kappa shape index (κ2) is 8.15. The average Bonchev–Trinajstić information content (AvgIpc) is 3.23. The Morgan fingerprint density at radius 3 is 2.81 bits per heavy atom. The Labute approximate surface area is 156 Å². The zero-order chi connectivity index (χ0) is 19.4. The molecule has 5 N–H and O–H groups in total. The Morgan fingerprint density at radius 1 is 1.41 bits per heavy atom. The summed E-state index contributed by atoms with van der Waals surface area (Å²) < 4.78 is 7.00. The quantitative estimate of drug-likeness (QED) is 0.389. The molecule has 1 unspecified atom stereocenters. The molecule has 1 amide bonds. The largest absolute Gasteiger partial charge is 0.387 e. The number of aliphatic hydroxyl groups excluding tert-OH is 2. The first-order chi connectivity index (χ1) is 12.9. The predicted molar refractivity (Wildman–Crippen MR) is 95.6 cm³/mol. The van der Waals surface area contributed by atoms with E-state index in [1.165, 1.54) is 4.68 Å². The summed E-state index contributed by atoms with van der Waals surface area (Å²) in [5.74, 6) is -0.343. The second-order valence-corrected chi connectivity index (χ2v) is 6.64. The summed E-state index contributed by atoms with van der Waals surface area (Å²) >= 11 is 0. The van der Waals surface area contributed by atoms with Gasteiger partial charge in [0.15, 0.2) is 0 Å². The molecular weight excluding hydrogens is 352 g/mol. The number of hydrogen-bond acceptors (Lipinski definition) is 7. The Bertz CT molecular complexity index is 768. The van der Waals surface area contributed by atoms with Gasteiger partial charge in [0.1, 0.15) is 17.9 Å². The minimum atomic E-state index is -1.60. The van der Waals surface area contributed by atoms with Crippen LogP contribution in [0, 0.1) is 0 Å². The van der Waals surface area contributed by atoms with Gasteiger partial charge in [-0.2, -0.15) is 5.10 Å². The lowest BCUT2D eigenvalue weighted by Gasteiger charge is -2.27. The number of ether oxygens (including phenoxy) is 1. The van der Waals surface area contributed by atoms with Gasteiger partial charge in [-0.3, -0.25) is 14.8 Å². The summed E-state index contributed by atoms with van der Waals surface area (Å²) in [7, 11) is 1.70. The number of hydrogen-bond donors (Lipinski definition) is 5. The van der Waals surface area contributed by atoms with Gasteiger partial charge in [0.05, 0.1) is 24.9 Å². The molecule has 2 heterocycles. The van der Waals surface area contributed by atoms with Crippen molar-refractivity contribution in [2.24, 2.45) is 7.05 Å². The van der Waals surface area contributed by atoms with Crippen LogP contribution in [-0.4, -0.2) is 68.5 Å². The molecule has 27 heavy (non-hydrogen) atoms. The molecular formula is C18H24N4O5. The van der Waals surface area contributed by atoms with Crippen molar-refractivity contribution < 1.29 is 24.9 Å². The van der Waals surface area contributed by atoms with Gasteiger partial charge < -0.3 is 25.4 Å². The molecule has 4 atom stereocenters. The normalized spacial score (nSPS) is 26.1. The fraction of sp³-hybridized carbons (Fsp3) is 0.444. The highest BCUT2D eigenvalue weighted by Gasteiger charge is 2.48. The molecule has 0 spiro atoms. The van der Waals surface area contributed by atoms with Crippen LogP contribution in [0.15, 0.2) is 42.6 Å². The van der Waals surface area contributed by atoms with Crippen molar-refractivity contribution in [3.8, 4) is 0 Å². The van der Waals surface area contributed by atoms with Crippen molar-refractivity contribution in [3.05, 3.63) is 53.9 Å². The van der Waals surface area contributed by atoms with E-state index in [1.807, 2.05) is 0 Å². The van der Waals surface area contributed by atoms with Gasteiger partial charge in [0.25, 0.3) is 5.91 Å². The lowest BCUT2D eigenvalue weighted by molar-refractivity contribution is -0.0478. The van der Waals surface area contributed by atoms with Crippen LogP contribution in [0.1, 0.15) is 22.3 Å². The van der Waals surface area contributed by atoms with Crippen molar-refractivity contribution in [3.63, 3.8) is 0 Å². The number of aromatic nitrogens is 2. The first-order valence-corrected chi connectivity index (χ1v) is 8.65. The highest BCUT2D eigenvalue weighted by atomic mass is 16.5. The molecule has 9 nitrogen and oxygen atoms in total. The van der Waals surface area contributed by atoms with E-state index < -0.39 is 24.0 Å². The van der Waals surface area contributed by atoms with Gasteiger partial charge in [-0.25, -0.2) is 0 Å². The summed E-state index contributed by atoms with van der Waals surface area (Å²) in [4.78, 5) is 12.1. The van der Waals surface area contributed by atoms with Crippen LogP contribution >= 0.6 is 0 Å². The number of carbonyl (C=O) groups excluding carboxylic acids is 1. The summed E-state index contributed by atoms with van der Waals surface area (Å²) in [5, 5.41) is 40.6. The third-order valence-corrected chi connectivity index (χ3v) is 4.69. The Kier molecular flexibility index (Phi) is 5.88. The molecule has 0 bridgehead atoms. The van der Waals surface area contributed by atoms with E-state index in [4.69, 9.17) is 4.74 Å². The monoisotopic (exact) mass is 376 g/mol. The van der Waals surface area contributed by atoms with Crippen LogP contribution in [0.2, 0.25) is 0 Å². The second-order valence-electron chi connectivity index (χ2n) is 6.64.